The number of azide groups is 1. The van der Waals surface area contributed by atoms with Crippen LogP contribution < -0.4 is 21.4 Å². The van der Waals surface area contributed by atoms with E-state index in [4.69, 9.17) is 37.8 Å². The third kappa shape index (κ3) is 7.28. The molecule has 4 rings (SSSR count). The van der Waals surface area contributed by atoms with E-state index in [-0.39, 0.29) is 47.7 Å². The number of aliphatic hydroxyl groups is 1. The molecule has 1 aliphatic rings. The number of nitrogen functional groups attached to an aromatic ring is 1. The molecule has 0 bridgehead atoms. The van der Waals surface area contributed by atoms with E-state index < -0.39 is 62.1 Å². The van der Waals surface area contributed by atoms with Crippen molar-refractivity contribution in [2.75, 3.05) is 32.6 Å². The second-order valence-electron chi connectivity index (χ2n) is 11.1. The molecule has 45 heavy (non-hydrogen) atoms. The number of methoxy groups -OCH3 is 1. The molecule has 0 amide bonds. The summed E-state index contributed by atoms with van der Waals surface area (Å²) < 4.78 is 52.8. The molecule has 5 atom stereocenters. The van der Waals surface area contributed by atoms with Crippen LogP contribution in [0.3, 0.4) is 0 Å². The molecule has 1 saturated heterocycles. The normalized spacial score (nSPS) is 23.0. The molecule has 0 aliphatic carbocycles. The summed E-state index contributed by atoms with van der Waals surface area (Å²) >= 11 is 0. The van der Waals surface area contributed by atoms with Gasteiger partial charge in [0.2, 0.25) is 11.8 Å². The summed E-state index contributed by atoms with van der Waals surface area (Å²) in [7, 11) is -2.92. The van der Waals surface area contributed by atoms with Crippen molar-refractivity contribution in [1.82, 2.24) is 24.6 Å². The highest BCUT2D eigenvalue weighted by Crippen LogP contribution is 2.48. The minimum atomic E-state index is -4.29. The molecule has 0 radical (unpaired) electrons. The molecule has 3 aromatic rings. The molecule has 4 heterocycles. The van der Waals surface area contributed by atoms with Gasteiger partial charge in [-0.05, 0) is 12.5 Å². The van der Waals surface area contributed by atoms with Crippen molar-refractivity contribution in [3.05, 3.63) is 38.9 Å². The van der Waals surface area contributed by atoms with Crippen molar-refractivity contribution >= 4 is 30.8 Å². The Hall–Kier alpha value is -4.03. The molecule has 21 heteroatoms. The van der Waals surface area contributed by atoms with Crippen LogP contribution in [0.1, 0.15) is 52.4 Å². The summed E-state index contributed by atoms with van der Waals surface area (Å²) in [6.07, 6.45) is -2.63. The summed E-state index contributed by atoms with van der Waals surface area (Å²) in [6.45, 7) is 6.56. The van der Waals surface area contributed by atoms with Crippen LogP contribution in [0.25, 0.3) is 21.6 Å². The lowest BCUT2D eigenvalue weighted by atomic mass is 9.92. The quantitative estimate of drug-likeness (QED) is 0.0593. The van der Waals surface area contributed by atoms with E-state index in [9.17, 15) is 24.8 Å². The fraction of sp³-hybridized carbons (Fsp3) is 0.625. The molecule has 1 unspecified atom stereocenters. The predicted molar refractivity (Wildman–Crippen MR) is 153 cm³/mol. The average molecular weight is 656 g/mol. The number of ether oxygens (including phenoxy) is 3. The van der Waals surface area contributed by atoms with Crippen LogP contribution in [0, 0.1) is 0 Å². The molecule has 0 spiro atoms. The molecular formula is C24H34N9O11P. The lowest BCUT2D eigenvalue weighted by molar-refractivity contribution is -0.140. The summed E-state index contributed by atoms with van der Waals surface area (Å²) in [5.74, 6) is -1.43. The monoisotopic (exact) mass is 655 g/mol. The molecule has 0 saturated carbocycles. The maximum absolute atomic E-state index is 13.8. The van der Waals surface area contributed by atoms with Gasteiger partial charge in [0.25, 0.3) is 0 Å². The second-order valence-corrected chi connectivity index (χ2v) is 12.9. The van der Waals surface area contributed by atoms with E-state index in [1.807, 2.05) is 0 Å². The number of carbonyl (C=O) groups is 1. The van der Waals surface area contributed by atoms with Crippen molar-refractivity contribution in [3.8, 4) is 5.88 Å². The van der Waals surface area contributed by atoms with Gasteiger partial charge in [0.15, 0.2) is 28.9 Å². The minimum absolute atomic E-state index is 0.0186. The van der Waals surface area contributed by atoms with Crippen molar-refractivity contribution in [2.45, 2.75) is 70.6 Å². The van der Waals surface area contributed by atoms with E-state index in [1.54, 1.807) is 20.8 Å². The minimum Gasteiger partial charge on any atom is -0.479 e. The smallest absolute Gasteiger partial charge is 0.479 e. The van der Waals surface area contributed by atoms with Crippen LogP contribution in [0.5, 0.6) is 5.88 Å². The number of imidazole rings is 1. The molecule has 1 aliphatic heterocycles. The highest BCUT2D eigenvalue weighted by atomic mass is 31.2. The van der Waals surface area contributed by atoms with Crippen molar-refractivity contribution in [3.63, 3.8) is 0 Å². The standard InChI is InChI=1S/C24H34N9O11P/c1-12(34)39-8-7-28-45(37,41-10-14-17(23(2,3)4)44-22(36)43-14)40-9-13-16(35)24(5,31-32-26)20(42-13)33-11-27-15-18(33)29-21(25)30-19(15)38-6/h11,13,16,20,35H,7-10H2,1-6H3,(H,28,37)(H2,25,29,30)/t13-,16-,20-,24-,45?/m1/s1. The van der Waals surface area contributed by atoms with Gasteiger partial charge in [-0.25, -0.2) is 19.4 Å². The zero-order valence-corrected chi connectivity index (χ0v) is 26.2. The first-order valence-corrected chi connectivity index (χ1v) is 15.0. The number of nitrogens with zero attached hydrogens (tertiary/aromatic N) is 7. The van der Waals surface area contributed by atoms with Gasteiger partial charge >= 0.3 is 19.5 Å². The highest BCUT2D eigenvalue weighted by molar-refractivity contribution is 7.51. The zero-order valence-electron chi connectivity index (χ0n) is 25.3. The summed E-state index contributed by atoms with van der Waals surface area (Å²) in [6, 6.07) is 0. The molecule has 0 aromatic carbocycles. The van der Waals surface area contributed by atoms with Crippen LogP contribution in [-0.2, 0) is 39.9 Å². The second kappa shape index (κ2) is 13.1. The molecule has 20 nitrogen and oxygen atoms in total. The van der Waals surface area contributed by atoms with E-state index in [2.05, 4.69) is 30.1 Å². The number of nitrogens with two attached hydrogens (primary N) is 1. The molecule has 246 valence electrons. The molecule has 1 fully saturated rings. The van der Waals surface area contributed by atoms with Crippen LogP contribution in [0.15, 0.2) is 25.1 Å². The number of esters is 1. The van der Waals surface area contributed by atoms with Crippen molar-refractivity contribution in [2.24, 2.45) is 5.11 Å². The van der Waals surface area contributed by atoms with Crippen molar-refractivity contribution in [1.29, 1.82) is 0 Å². The van der Waals surface area contributed by atoms with Gasteiger partial charge in [-0.2, -0.15) is 9.97 Å². The Kier molecular flexibility index (Phi) is 9.88. The van der Waals surface area contributed by atoms with Crippen LogP contribution in [0.2, 0.25) is 0 Å². The topological polar surface area (TPSA) is 274 Å². The Morgan fingerprint density at radius 3 is 2.71 bits per heavy atom. The largest absolute Gasteiger partial charge is 0.519 e. The first-order valence-electron chi connectivity index (χ1n) is 13.5. The molecular weight excluding hydrogens is 621 g/mol. The van der Waals surface area contributed by atoms with Gasteiger partial charge in [-0.3, -0.25) is 18.4 Å². The van der Waals surface area contributed by atoms with Gasteiger partial charge in [0, 0.05) is 23.8 Å². The van der Waals surface area contributed by atoms with Crippen molar-refractivity contribution < 1.29 is 46.6 Å². The first kappa shape index (κ1) is 33.9. The van der Waals surface area contributed by atoms with E-state index in [0.717, 1.165) is 0 Å². The lowest BCUT2D eigenvalue weighted by Gasteiger charge is -2.28. The first-order chi connectivity index (χ1) is 21.1. The Bertz CT molecular complexity index is 1690. The van der Waals surface area contributed by atoms with E-state index in [0.29, 0.717) is 0 Å². The lowest BCUT2D eigenvalue weighted by Crippen LogP contribution is -2.42. The van der Waals surface area contributed by atoms with Gasteiger partial charge in [0.1, 0.15) is 24.9 Å². The number of aliphatic hydroxyl groups excluding tert-OH is 1. The van der Waals surface area contributed by atoms with E-state index >= 15 is 0 Å². The maximum atomic E-state index is 13.8. The van der Waals surface area contributed by atoms with Gasteiger partial charge in [-0.1, -0.05) is 25.9 Å². The third-order valence-corrected chi connectivity index (χ3v) is 8.25. The number of hydrogen-bond donors (Lipinski definition) is 3. The predicted octanol–water partition coefficient (Wildman–Crippen LogP) is 2.08. The SMILES string of the molecule is COc1nc(N)nc2c1ncn2[C@@H]1O[C@H](COP(=O)(NCCOC(C)=O)OCc2oc(=O)oc2C(C)(C)C)[C@@H](O)[C@@]1(C)N=[N+]=[N-]. The number of carbonyl (C=O) groups excluding carboxylic acids is 1. The average Bonchev–Trinajstić information content (AvgIpc) is 3.63. The zero-order chi connectivity index (χ0) is 33.2. The van der Waals surface area contributed by atoms with Crippen LogP contribution in [0.4, 0.5) is 5.95 Å². The number of anilines is 1. The fourth-order valence-corrected chi connectivity index (χ4v) is 5.85. The van der Waals surface area contributed by atoms with Gasteiger partial charge < -0.3 is 33.9 Å². The maximum Gasteiger partial charge on any atom is 0.519 e. The highest BCUT2D eigenvalue weighted by Gasteiger charge is 2.55. The number of fused-ring (bicyclic) bond motifs is 1. The number of aromatic nitrogens is 4. The molecule has 4 N–H and O–H groups in total. The van der Waals surface area contributed by atoms with Crippen LogP contribution >= 0.6 is 7.75 Å². The van der Waals surface area contributed by atoms with Crippen LogP contribution in [-0.4, -0.2) is 75.2 Å². The molecule has 3 aromatic heterocycles. The Morgan fingerprint density at radius 2 is 2.07 bits per heavy atom. The summed E-state index contributed by atoms with van der Waals surface area (Å²) in [5.41, 5.74) is 13.3. The Labute approximate surface area is 255 Å². The Balaban J connectivity index is 1.59. The van der Waals surface area contributed by atoms with E-state index in [1.165, 1.54) is 31.9 Å². The fourth-order valence-electron chi connectivity index (χ4n) is 4.60. The number of rotatable bonds is 13. The summed E-state index contributed by atoms with van der Waals surface area (Å²) in [4.78, 5) is 38.3. The third-order valence-electron chi connectivity index (χ3n) is 6.68. The van der Waals surface area contributed by atoms with Gasteiger partial charge in [-0.15, -0.1) is 0 Å². The summed E-state index contributed by atoms with van der Waals surface area (Å²) in [5, 5.41) is 17.7. The number of nitrogens with one attached hydrogen (secondary N) is 1. The number of hydrogen-bond acceptors (Lipinski definition) is 16. The van der Waals surface area contributed by atoms with Gasteiger partial charge in [0.05, 0.1) is 26.1 Å². The Morgan fingerprint density at radius 1 is 1.33 bits per heavy atom.